The van der Waals surface area contributed by atoms with Crippen molar-refractivity contribution in [3.63, 3.8) is 0 Å². The topological polar surface area (TPSA) is 81.5 Å². The van der Waals surface area contributed by atoms with Crippen molar-refractivity contribution in [1.29, 1.82) is 0 Å². The van der Waals surface area contributed by atoms with Crippen molar-refractivity contribution in [3.05, 3.63) is 107 Å². The zero-order valence-corrected chi connectivity index (χ0v) is 19.8. The van der Waals surface area contributed by atoms with Gasteiger partial charge in [0.25, 0.3) is 5.56 Å². The van der Waals surface area contributed by atoms with Crippen LogP contribution in [0.15, 0.2) is 90.0 Å². The van der Waals surface area contributed by atoms with Gasteiger partial charge in [-0.1, -0.05) is 36.4 Å². The van der Waals surface area contributed by atoms with E-state index in [4.69, 9.17) is 4.74 Å². The van der Waals surface area contributed by atoms with E-state index in [1.54, 1.807) is 36.1 Å². The Balaban J connectivity index is 1.42. The van der Waals surface area contributed by atoms with Gasteiger partial charge in [0.15, 0.2) is 0 Å². The summed E-state index contributed by atoms with van der Waals surface area (Å²) in [5.74, 6) is 0.621. The Kier molecular flexibility index (Phi) is 7.40. The Morgan fingerprint density at radius 2 is 1.76 bits per heavy atom. The minimum atomic E-state index is -3.54. The van der Waals surface area contributed by atoms with Gasteiger partial charge in [-0.2, -0.15) is 4.31 Å². The van der Waals surface area contributed by atoms with E-state index in [1.165, 1.54) is 10.4 Å². The molecule has 176 valence electrons. The molecule has 0 aliphatic heterocycles. The Labute approximate surface area is 199 Å². The SMILES string of the molecule is Cn1c(=O)ccc2cc(OCCCN(Cc3cccnc3)S(=O)(=O)Cc3ccccc3)ccc21. The quantitative estimate of drug-likeness (QED) is 0.325. The lowest BCUT2D eigenvalue weighted by atomic mass is 10.2. The first-order chi connectivity index (χ1) is 16.4. The molecule has 0 unspecified atom stereocenters. The molecule has 0 saturated carbocycles. The molecule has 0 N–H and O–H groups in total. The van der Waals surface area contributed by atoms with Gasteiger partial charge in [0, 0.05) is 44.0 Å². The first-order valence-electron chi connectivity index (χ1n) is 11.1. The number of pyridine rings is 2. The van der Waals surface area contributed by atoms with E-state index < -0.39 is 10.0 Å². The number of aryl methyl sites for hydroxylation is 1. The maximum absolute atomic E-state index is 13.2. The van der Waals surface area contributed by atoms with Gasteiger partial charge in [0.05, 0.1) is 17.9 Å². The standard InChI is InChI=1S/C26H27N3O4S/c1-28-25-12-11-24(17-23(25)10-13-26(28)30)33-16-6-15-29(19-22-9-5-14-27-18-22)34(31,32)20-21-7-3-2-4-8-21/h2-5,7-14,17-18H,6,15-16,19-20H2,1H3. The summed E-state index contributed by atoms with van der Waals surface area (Å²) in [4.78, 5) is 15.9. The highest BCUT2D eigenvalue weighted by molar-refractivity contribution is 7.88. The highest BCUT2D eigenvalue weighted by Gasteiger charge is 2.22. The molecule has 2 heterocycles. The van der Waals surface area contributed by atoms with E-state index in [-0.39, 0.29) is 17.9 Å². The van der Waals surface area contributed by atoms with E-state index in [2.05, 4.69) is 4.98 Å². The Hall–Kier alpha value is -3.49. The average Bonchev–Trinajstić information content (AvgIpc) is 2.84. The summed E-state index contributed by atoms with van der Waals surface area (Å²) >= 11 is 0. The maximum atomic E-state index is 13.2. The van der Waals surface area contributed by atoms with Crippen molar-refractivity contribution >= 4 is 20.9 Å². The summed E-state index contributed by atoms with van der Waals surface area (Å²) in [6, 6.07) is 21.7. The first-order valence-corrected chi connectivity index (χ1v) is 12.7. The lowest BCUT2D eigenvalue weighted by Crippen LogP contribution is -2.33. The number of aromatic nitrogens is 2. The fourth-order valence-electron chi connectivity index (χ4n) is 3.77. The molecule has 0 aliphatic rings. The molecule has 0 bridgehead atoms. The van der Waals surface area contributed by atoms with Crippen LogP contribution >= 0.6 is 0 Å². The molecule has 34 heavy (non-hydrogen) atoms. The molecule has 0 spiro atoms. The summed E-state index contributed by atoms with van der Waals surface area (Å²) < 4.78 is 35.4. The van der Waals surface area contributed by atoms with Crippen molar-refractivity contribution in [2.24, 2.45) is 7.05 Å². The van der Waals surface area contributed by atoms with Crippen molar-refractivity contribution in [1.82, 2.24) is 13.9 Å². The monoisotopic (exact) mass is 477 g/mol. The average molecular weight is 478 g/mol. The molecule has 0 radical (unpaired) electrons. The maximum Gasteiger partial charge on any atom is 0.250 e. The molecule has 0 saturated heterocycles. The Morgan fingerprint density at radius 1 is 0.971 bits per heavy atom. The van der Waals surface area contributed by atoms with Crippen LogP contribution < -0.4 is 10.3 Å². The van der Waals surface area contributed by atoms with Gasteiger partial charge >= 0.3 is 0 Å². The van der Waals surface area contributed by atoms with Gasteiger partial charge in [-0.3, -0.25) is 9.78 Å². The highest BCUT2D eigenvalue weighted by atomic mass is 32.2. The molecule has 4 aromatic rings. The summed E-state index contributed by atoms with van der Waals surface area (Å²) in [5, 5.41) is 0.906. The molecule has 0 atom stereocenters. The lowest BCUT2D eigenvalue weighted by molar-refractivity contribution is 0.287. The van der Waals surface area contributed by atoms with E-state index in [1.807, 2.05) is 54.6 Å². The molecule has 7 nitrogen and oxygen atoms in total. The van der Waals surface area contributed by atoms with Crippen molar-refractivity contribution in [2.45, 2.75) is 18.7 Å². The molecule has 0 fully saturated rings. The molecular weight excluding hydrogens is 450 g/mol. The minimum absolute atomic E-state index is 0.0572. The first kappa shape index (κ1) is 23.7. The zero-order valence-electron chi connectivity index (χ0n) is 19.0. The fourth-order valence-corrected chi connectivity index (χ4v) is 5.32. The molecule has 4 rings (SSSR count). The van der Waals surface area contributed by atoms with Gasteiger partial charge < -0.3 is 9.30 Å². The number of benzene rings is 2. The second-order valence-electron chi connectivity index (χ2n) is 8.09. The predicted molar refractivity (Wildman–Crippen MR) is 133 cm³/mol. The van der Waals surface area contributed by atoms with Crippen LogP contribution in [0.1, 0.15) is 17.5 Å². The lowest BCUT2D eigenvalue weighted by Gasteiger charge is -2.22. The number of rotatable bonds is 10. The number of hydrogen-bond acceptors (Lipinski definition) is 5. The second-order valence-corrected chi connectivity index (χ2v) is 10.1. The fraction of sp³-hybridized carbons (Fsp3) is 0.231. The van der Waals surface area contributed by atoms with Gasteiger partial charge in [0.1, 0.15) is 5.75 Å². The van der Waals surface area contributed by atoms with E-state index >= 15 is 0 Å². The molecule has 2 aromatic heterocycles. The van der Waals surface area contributed by atoms with Crippen LogP contribution in [-0.2, 0) is 29.4 Å². The number of fused-ring (bicyclic) bond motifs is 1. The number of nitrogens with zero attached hydrogens (tertiary/aromatic N) is 3. The van der Waals surface area contributed by atoms with Gasteiger partial charge in [-0.25, -0.2) is 8.42 Å². The second kappa shape index (κ2) is 10.6. The van der Waals surface area contributed by atoms with Crippen LogP contribution in [0.25, 0.3) is 10.9 Å². The van der Waals surface area contributed by atoms with Crippen molar-refractivity contribution in [2.75, 3.05) is 13.2 Å². The third-order valence-corrected chi connectivity index (χ3v) is 7.38. The smallest absolute Gasteiger partial charge is 0.250 e. The van der Waals surface area contributed by atoms with E-state index in [0.717, 1.165) is 22.0 Å². The third-order valence-electron chi connectivity index (χ3n) is 5.58. The van der Waals surface area contributed by atoms with Crippen LogP contribution in [0.2, 0.25) is 0 Å². The highest BCUT2D eigenvalue weighted by Crippen LogP contribution is 2.20. The summed E-state index contributed by atoms with van der Waals surface area (Å²) in [5.41, 5.74) is 2.35. The predicted octanol–water partition coefficient (Wildman–Crippen LogP) is 3.73. The van der Waals surface area contributed by atoms with Crippen LogP contribution in [-0.4, -0.2) is 35.4 Å². The normalized spacial score (nSPS) is 11.7. The van der Waals surface area contributed by atoms with Crippen LogP contribution in [0.4, 0.5) is 0 Å². The third kappa shape index (κ3) is 5.89. The van der Waals surface area contributed by atoms with Crippen LogP contribution in [0.3, 0.4) is 0 Å². The Bertz CT molecular complexity index is 1400. The van der Waals surface area contributed by atoms with Crippen molar-refractivity contribution < 1.29 is 13.2 Å². The summed E-state index contributed by atoms with van der Waals surface area (Å²) in [7, 11) is -1.80. The number of ether oxygens (including phenoxy) is 1. The Morgan fingerprint density at radius 3 is 2.53 bits per heavy atom. The van der Waals surface area contributed by atoms with Gasteiger partial charge in [-0.05, 0) is 47.9 Å². The number of sulfonamides is 1. The van der Waals surface area contributed by atoms with E-state index in [9.17, 15) is 13.2 Å². The van der Waals surface area contributed by atoms with Crippen molar-refractivity contribution in [3.8, 4) is 5.75 Å². The summed E-state index contributed by atoms with van der Waals surface area (Å²) in [6.45, 7) is 0.945. The van der Waals surface area contributed by atoms with Gasteiger partial charge in [0.2, 0.25) is 10.0 Å². The molecule has 8 heteroatoms. The number of hydrogen-bond donors (Lipinski definition) is 0. The van der Waals surface area contributed by atoms with Crippen LogP contribution in [0.5, 0.6) is 5.75 Å². The largest absolute Gasteiger partial charge is 0.494 e. The van der Waals surface area contributed by atoms with Crippen LogP contribution in [0, 0.1) is 0 Å². The molecular formula is C26H27N3O4S. The summed E-state index contributed by atoms with van der Waals surface area (Å²) in [6.07, 6.45) is 3.88. The molecule has 0 amide bonds. The molecule has 2 aromatic carbocycles. The van der Waals surface area contributed by atoms with Gasteiger partial charge in [-0.15, -0.1) is 0 Å². The van der Waals surface area contributed by atoms with E-state index in [0.29, 0.717) is 25.3 Å². The zero-order chi connectivity index (χ0) is 24.0. The minimum Gasteiger partial charge on any atom is -0.494 e. The molecule has 0 aliphatic carbocycles.